The molecule has 2 nitrogen and oxygen atoms in total. The topological polar surface area (TPSA) is 8.81 Å². The van der Waals surface area contributed by atoms with E-state index in [1.54, 1.807) is 0 Å². The second-order valence-electron chi connectivity index (χ2n) is 3.02. The van der Waals surface area contributed by atoms with Crippen molar-refractivity contribution in [3.05, 3.63) is 24.3 Å². The molecule has 0 saturated carbocycles. The number of aryl methyl sites for hydroxylation is 2. The van der Waals surface area contributed by atoms with Gasteiger partial charge in [-0.2, -0.15) is 0 Å². The van der Waals surface area contributed by atoms with Crippen LogP contribution >= 0.6 is 21.6 Å². The molecule has 1 aromatic carbocycles. The van der Waals surface area contributed by atoms with E-state index >= 15 is 0 Å². The van der Waals surface area contributed by atoms with E-state index in [0.717, 1.165) is 0 Å². The minimum atomic E-state index is 0.0449. The molecular weight excluding hydrogens is 375 g/mol. The summed E-state index contributed by atoms with van der Waals surface area (Å²) in [4.78, 5) is 0. The van der Waals surface area contributed by atoms with Crippen LogP contribution in [-0.4, -0.2) is 4.57 Å². The second kappa shape index (κ2) is 4.40. The molecule has 2 rings (SSSR count). The Balaban J connectivity index is 2.72. The molecule has 0 aliphatic rings. The van der Waals surface area contributed by atoms with Crippen LogP contribution in [0.1, 0.15) is 0 Å². The molecule has 0 amide bonds. The average molecular weight is 385 g/mol. The molecule has 76 valence electrons. The first kappa shape index (κ1) is 10.8. The van der Waals surface area contributed by atoms with Crippen molar-refractivity contribution in [2.24, 2.45) is 14.1 Å². The normalized spacial score (nSPS) is 11.4. The van der Waals surface area contributed by atoms with Crippen molar-refractivity contribution in [1.82, 2.24) is 4.57 Å². The van der Waals surface area contributed by atoms with Crippen LogP contribution in [0.25, 0.3) is 11.0 Å². The summed E-state index contributed by atoms with van der Waals surface area (Å²) >= 11 is 3.60. The first-order valence-electron chi connectivity index (χ1n) is 4.12. The third-order valence-corrected chi connectivity index (χ3v) is 7.16. The minimum absolute atomic E-state index is 0.0449. The molecule has 1 heterocycles. The summed E-state index contributed by atoms with van der Waals surface area (Å²) in [6.07, 6.45) is 0. The summed E-state index contributed by atoms with van der Waals surface area (Å²) < 4.78 is 4.50. The second-order valence-corrected chi connectivity index (χ2v) is 10.9. The fourth-order valence-electron chi connectivity index (χ4n) is 1.59. The molecule has 0 bridgehead atoms. The number of aromatic nitrogens is 2. The molecule has 0 aliphatic heterocycles. The number of benzene rings is 1. The van der Waals surface area contributed by atoms with Crippen molar-refractivity contribution in [1.29, 1.82) is 0 Å². The van der Waals surface area contributed by atoms with Crippen LogP contribution in [0.15, 0.2) is 29.4 Å². The molecule has 5 heteroatoms. The van der Waals surface area contributed by atoms with Gasteiger partial charge in [0.05, 0.1) is 0 Å². The van der Waals surface area contributed by atoms with Crippen LogP contribution in [0.3, 0.4) is 0 Å². The number of hydrogen-bond donors (Lipinski definition) is 0. The zero-order valence-electron chi connectivity index (χ0n) is 7.87. The monoisotopic (exact) mass is 384 g/mol. The number of para-hydroxylation sites is 2. The van der Waals surface area contributed by atoms with Gasteiger partial charge >= 0.3 is 103 Å². The van der Waals surface area contributed by atoms with E-state index in [2.05, 4.69) is 60.2 Å². The molecule has 0 saturated heterocycles. The molecule has 0 aliphatic carbocycles. The van der Waals surface area contributed by atoms with Gasteiger partial charge in [0, 0.05) is 0 Å². The SMILES string of the molecule is Cn1c(S[I-]Br)[n+](C)c2ccccc21. The molecule has 0 spiro atoms. The molecule has 1 aromatic heterocycles. The van der Waals surface area contributed by atoms with Crippen LogP contribution < -0.4 is 22.2 Å². The van der Waals surface area contributed by atoms with E-state index in [-0.39, 0.29) is 17.6 Å². The summed E-state index contributed by atoms with van der Waals surface area (Å²) in [5, 5.41) is 1.32. The van der Waals surface area contributed by atoms with Crippen LogP contribution in [0.4, 0.5) is 0 Å². The molecule has 0 atom stereocenters. The van der Waals surface area contributed by atoms with Crippen LogP contribution in [0, 0.1) is 0 Å². The third-order valence-electron chi connectivity index (χ3n) is 2.28. The molecule has 0 radical (unpaired) electrons. The molecule has 2 aromatic rings. The first-order valence-corrected chi connectivity index (χ1v) is 12.3. The van der Waals surface area contributed by atoms with E-state index in [0.29, 0.717) is 0 Å². The van der Waals surface area contributed by atoms with Gasteiger partial charge in [-0.05, 0) is 0 Å². The predicted molar refractivity (Wildman–Crippen MR) is 58.9 cm³/mol. The van der Waals surface area contributed by atoms with Crippen LogP contribution in [-0.2, 0) is 14.1 Å². The van der Waals surface area contributed by atoms with E-state index in [4.69, 9.17) is 0 Å². The van der Waals surface area contributed by atoms with Crippen molar-refractivity contribution in [2.45, 2.75) is 5.16 Å². The van der Waals surface area contributed by atoms with E-state index in [9.17, 15) is 0 Å². The fourth-order valence-corrected chi connectivity index (χ4v) is 6.47. The zero-order chi connectivity index (χ0) is 10.1. The van der Waals surface area contributed by atoms with Gasteiger partial charge in [0.25, 0.3) is 0 Å². The summed E-state index contributed by atoms with van der Waals surface area (Å²) in [6.45, 7) is 0. The quantitative estimate of drug-likeness (QED) is 0.496. The van der Waals surface area contributed by atoms with E-state index < -0.39 is 0 Å². The molecule has 0 unspecified atom stereocenters. The Hall–Kier alpha value is 0.250. The van der Waals surface area contributed by atoms with Gasteiger partial charge in [0.2, 0.25) is 0 Å². The van der Waals surface area contributed by atoms with Crippen LogP contribution in [0.5, 0.6) is 0 Å². The fraction of sp³-hybridized carbons (Fsp3) is 0.222. The number of rotatable bonds is 2. The van der Waals surface area contributed by atoms with Crippen molar-refractivity contribution in [3.8, 4) is 0 Å². The Morgan fingerprint density at radius 2 is 2.14 bits per heavy atom. The predicted octanol–water partition coefficient (Wildman–Crippen LogP) is -0.591. The summed E-state index contributed by atoms with van der Waals surface area (Å²) in [5.74, 6) is 0. The Labute approximate surface area is 102 Å². The summed E-state index contributed by atoms with van der Waals surface area (Å²) in [6, 6.07) is 8.48. The van der Waals surface area contributed by atoms with Gasteiger partial charge in [-0.15, -0.1) is 0 Å². The van der Waals surface area contributed by atoms with E-state index in [1.807, 2.05) is 8.93 Å². The Morgan fingerprint density at radius 1 is 1.43 bits per heavy atom. The molecule has 0 N–H and O–H groups in total. The molecule has 14 heavy (non-hydrogen) atoms. The Kier molecular flexibility index (Phi) is 3.38. The number of fused-ring (bicyclic) bond motifs is 1. The van der Waals surface area contributed by atoms with Crippen molar-refractivity contribution in [2.75, 3.05) is 0 Å². The Bertz CT molecular complexity index is 430. The number of halogens is 2. The van der Waals surface area contributed by atoms with Crippen molar-refractivity contribution in [3.63, 3.8) is 0 Å². The van der Waals surface area contributed by atoms with Gasteiger partial charge in [-0.3, -0.25) is 0 Å². The first-order chi connectivity index (χ1) is 6.75. The van der Waals surface area contributed by atoms with Gasteiger partial charge < -0.3 is 0 Å². The molecular formula is C9H10BrIN2S. The number of hydrogen-bond acceptors (Lipinski definition) is 1. The van der Waals surface area contributed by atoms with Gasteiger partial charge in [-0.25, -0.2) is 0 Å². The van der Waals surface area contributed by atoms with Gasteiger partial charge in [0.1, 0.15) is 0 Å². The van der Waals surface area contributed by atoms with Gasteiger partial charge in [-0.1, -0.05) is 0 Å². The summed E-state index contributed by atoms with van der Waals surface area (Å²) in [7, 11) is 6.15. The average Bonchev–Trinajstić information content (AvgIpc) is 2.45. The molecule has 0 fully saturated rings. The third kappa shape index (κ3) is 1.69. The summed E-state index contributed by atoms with van der Waals surface area (Å²) in [5.41, 5.74) is 2.59. The zero-order valence-corrected chi connectivity index (χ0v) is 12.4. The maximum absolute atomic E-state index is 3.56. The van der Waals surface area contributed by atoms with Crippen molar-refractivity contribution >= 4 is 32.7 Å². The Morgan fingerprint density at radius 3 is 2.79 bits per heavy atom. The number of imidazole rings is 1. The van der Waals surface area contributed by atoms with Gasteiger partial charge in [0.15, 0.2) is 0 Å². The van der Waals surface area contributed by atoms with E-state index in [1.165, 1.54) is 16.2 Å². The standard InChI is InChI=1S/C9H10BrIN2S/c1-12-7-5-3-4-6-8(7)13(2)9(12)14-11-10/h3-6H,1-2H3. The van der Waals surface area contributed by atoms with Crippen LogP contribution in [0.2, 0.25) is 0 Å². The number of nitrogens with zero attached hydrogens (tertiary/aromatic N) is 2. The van der Waals surface area contributed by atoms with Crippen molar-refractivity contribution < 1.29 is 22.2 Å². The maximum atomic E-state index is 3.56.